The summed E-state index contributed by atoms with van der Waals surface area (Å²) in [5, 5.41) is 2.79. The van der Waals surface area contributed by atoms with Gasteiger partial charge in [0.05, 0.1) is 7.11 Å². The van der Waals surface area contributed by atoms with Gasteiger partial charge in [0.25, 0.3) is 0 Å². The summed E-state index contributed by atoms with van der Waals surface area (Å²) >= 11 is 0. The third-order valence-corrected chi connectivity index (χ3v) is 2.57. The fraction of sp³-hybridized carbons (Fsp3) is 0.429. The Labute approximate surface area is 107 Å². The Hall–Kier alpha value is -1.84. The zero-order valence-corrected chi connectivity index (χ0v) is 10.9. The van der Waals surface area contributed by atoms with Crippen LogP contribution in [0.2, 0.25) is 0 Å². The maximum absolute atomic E-state index is 11.4. The van der Waals surface area contributed by atoms with Crippen LogP contribution >= 0.6 is 0 Å². The van der Waals surface area contributed by atoms with Crippen LogP contribution in [-0.2, 0) is 16.0 Å². The summed E-state index contributed by atoms with van der Waals surface area (Å²) in [4.78, 5) is 22.1. The van der Waals surface area contributed by atoms with Crippen LogP contribution in [0.4, 0.5) is 0 Å². The van der Waals surface area contributed by atoms with Gasteiger partial charge in [0.15, 0.2) is 0 Å². The lowest BCUT2D eigenvalue weighted by atomic mass is 10.1. The second kappa shape index (κ2) is 7.48. The van der Waals surface area contributed by atoms with Gasteiger partial charge in [0, 0.05) is 19.4 Å². The molecule has 0 aliphatic carbocycles. The summed E-state index contributed by atoms with van der Waals surface area (Å²) in [6.45, 7) is 2.06. The molecule has 4 nitrogen and oxygen atoms in total. The first-order valence-corrected chi connectivity index (χ1v) is 6.01. The lowest BCUT2D eigenvalue weighted by Crippen LogP contribution is -2.25. The van der Waals surface area contributed by atoms with Crippen molar-refractivity contribution >= 4 is 11.7 Å². The Morgan fingerprint density at radius 2 is 2.06 bits per heavy atom. The van der Waals surface area contributed by atoms with Gasteiger partial charge >= 0.3 is 0 Å². The van der Waals surface area contributed by atoms with E-state index in [9.17, 15) is 9.59 Å². The average molecular weight is 249 g/mol. The van der Waals surface area contributed by atoms with Crippen molar-refractivity contribution in [1.29, 1.82) is 0 Å². The van der Waals surface area contributed by atoms with Crippen molar-refractivity contribution in [3.05, 3.63) is 29.8 Å². The first-order chi connectivity index (χ1) is 8.61. The topological polar surface area (TPSA) is 55.4 Å². The molecule has 0 fully saturated rings. The maximum Gasteiger partial charge on any atom is 0.220 e. The first-order valence-electron chi connectivity index (χ1n) is 6.01. The van der Waals surface area contributed by atoms with Gasteiger partial charge in [-0.15, -0.1) is 0 Å². The van der Waals surface area contributed by atoms with E-state index in [0.717, 1.165) is 17.7 Å². The van der Waals surface area contributed by atoms with E-state index < -0.39 is 0 Å². The van der Waals surface area contributed by atoms with Crippen molar-refractivity contribution in [3.8, 4) is 5.75 Å². The molecule has 1 N–H and O–H groups in total. The monoisotopic (exact) mass is 249 g/mol. The minimum atomic E-state index is -0.0758. The van der Waals surface area contributed by atoms with Gasteiger partial charge in [-0.25, -0.2) is 0 Å². The average Bonchev–Trinajstić information content (AvgIpc) is 2.36. The van der Waals surface area contributed by atoms with E-state index in [0.29, 0.717) is 13.0 Å². The molecule has 0 unspecified atom stereocenters. The largest absolute Gasteiger partial charge is 0.497 e. The predicted octanol–water partition coefficient (Wildman–Crippen LogP) is 1.72. The number of ketones is 1. The van der Waals surface area contributed by atoms with Gasteiger partial charge in [-0.2, -0.15) is 0 Å². The number of nitrogens with one attached hydrogen (secondary N) is 1. The lowest BCUT2D eigenvalue weighted by molar-refractivity contribution is -0.124. The van der Waals surface area contributed by atoms with E-state index in [1.807, 2.05) is 24.3 Å². The molecule has 0 aromatic heterocycles. The zero-order chi connectivity index (χ0) is 13.4. The SMILES string of the molecule is COc1cccc(CCNC(=O)CCC(C)=O)c1. The van der Waals surface area contributed by atoms with Crippen LogP contribution in [0, 0.1) is 0 Å². The molecule has 98 valence electrons. The highest BCUT2D eigenvalue weighted by molar-refractivity contribution is 5.83. The fourth-order valence-electron chi connectivity index (χ4n) is 1.55. The molecule has 0 atom stereocenters. The lowest BCUT2D eigenvalue weighted by Gasteiger charge is -2.06. The highest BCUT2D eigenvalue weighted by Gasteiger charge is 2.03. The normalized spacial score (nSPS) is 9.89. The van der Waals surface area contributed by atoms with Crippen LogP contribution in [0.3, 0.4) is 0 Å². The van der Waals surface area contributed by atoms with E-state index in [-0.39, 0.29) is 18.1 Å². The van der Waals surface area contributed by atoms with Gasteiger partial charge in [-0.05, 0) is 31.0 Å². The van der Waals surface area contributed by atoms with E-state index >= 15 is 0 Å². The van der Waals surface area contributed by atoms with E-state index in [4.69, 9.17) is 4.74 Å². The van der Waals surface area contributed by atoms with Crippen molar-refractivity contribution in [2.45, 2.75) is 26.2 Å². The Bertz CT molecular complexity index is 415. The molecular formula is C14H19NO3. The zero-order valence-electron chi connectivity index (χ0n) is 10.9. The molecule has 18 heavy (non-hydrogen) atoms. The number of benzene rings is 1. The number of amides is 1. The number of hydrogen-bond donors (Lipinski definition) is 1. The van der Waals surface area contributed by atoms with Gasteiger partial charge in [-0.3, -0.25) is 4.79 Å². The van der Waals surface area contributed by atoms with E-state index in [2.05, 4.69) is 5.32 Å². The number of carbonyl (C=O) groups excluding carboxylic acids is 2. The van der Waals surface area contributed by atoms with E-state index in [1.165, 1.54) is 6.92 Å². The standard InChI is InChI=1S/C14H19NO3/c1-11(16)6-7-14(17)15-9-8-12-4-3-5-13(10-12)18-2/h3-5,10H,6-9H2,1-2H3,(H,15,17). The summed E-state index contributed by atoms with van der Waals surface area (Å²) < 4.78 is 5.12. The highest BCUT2D eigenvalue weighted by Crippen LogP contribution is 2.12. The quantitative estimate of drug-likeness (QED) is 0.800. The van der Waals surface area contributed by atoms with Gasteiger partial charge in [0.2, 0.25) is 5.91 Å². The van der Waals surface area contributed by atoms with Crippen molar-refractivity contribution in [2.24, 2.45) is 0 Å². The van der Waals surface area contributed by atoms with Crippen molar-refractivity contribution in [1.82, 2.24) is 5.32 Å². The third-order valence-electron chi connectivity index (χ3n) is 2.57. The van der Waals surface area contributed by atoms with Crippen LogP contribution < -0.4 is 10.1 Å². The number of methoxy groups -OCH3 is 1. The molecule has 0 heterocycles. The summed E-state index contributed by atoms with van der Waals surface area (Å²) in [6.07, 6.45) is 1.33. The first kappa shape index (κ1) is 14.2. The summed E-state index contributed by atoms with van der Waals surface area (Å²) in [5.74, 6) is 0.779. The molecule has 0 radical (unpaired) electrons. The smallest absolute Gasteiger partial charge is 0.220 e. The predicted molar refractivity (Wildman–Crippen MR) is 69.6 cm³/mol. The van der Waals surface area contributed by atoms with Crippen LogP contribution in [0.25, 0.3) is 0 Å². The molecule has 0 saturated heterocycles. The van der Waals surface area contributed by atoms with Gasteiger partial charge < -0.3 is 14.8 Å². The second-order valence-electron chi connectivity index (χ2n) is 4.15. The summed E-state index contributed by atoms with van der Waals surface area (Å²) in [6, 6.07) is 7.74. The Kier molecular flexibility index (Phi) is 5.91. The third kappa shape index (κ3) is 5.48. The Morgan fingerprint density at radius 3 is 2.72 bits per heavy atom. The van der Waals surface area contributed by atoms with Crippen LogP contribution in [0.15, 0.2) is 24.3 Å². The van der Waals surface area contributed by atoms with Crippen molar-refractivity contribution < 1.29 is 14.3 Å². The Balaban J connectivity index is 2.28. The van der Waals surface area contributed by atoms with E-state index in [1.54, 1.807) is 7.11 Å². The van der Waals surface area contributed by atoms with Crippen molar-refractivity contribution in [2.75, 3.05) is 13.7 Å². The molecule has 0 aliphatic heterocycles. The number of ether oxygens (including phenoxy) is 1. The molecule has 1 amide bonds. The number of hydrogen-bond acceptors (Lipinski definition) is 3. The van der Waals surface area contributed by atoms with Crippen molar-refractivity contribution in [3.63, 3.8) is 0 Å². The molecule has 0 aliphatic rings. The summed E-state index contributed by atoms with van der Waals surface area (Å²) in [5.41, 5.74) is 1.11. The molecule has 0 bridgehead atoms. The minimum absolute atomic E-state index is 0.0398. The number of rotatable bonds is 7. The van der Waals surface area contributed by atoms with Crippen LogP contribution in [0.1, 0.15) is 25.3 Å². The molecule has 0 saturated carbocycles. The molecule has 4 heteroatoms. The molecule has 1 aromatic carbocycles. The molecule has 1 aromatic rings. The fourth-order valence-corrected chi connectivity index (χ4v) is 1.55. The Morgan fingerprint density at radius 1 is 1.28 bits per heavy atom. The minimum Gasteiger partial charge on any atom is -0.497 e. The van der Waals surface area contributed by atoms with Crippen LogP contribution in [0.5, 0.6) is 5.75 Å². The second-order valence-corrected chi connectivity index (χ2v) is 4.15. The van der Waals surface area contributed by atoms with Gasteiger partial charge in [-0.1, -0.05) is 12.1 Å². The van der Waals surface area contributed by atoms with Gasteiger partial charge in [0.1, 0.15) is 11.5 Å². The molecule has 1 rings (SSSR count). The number of carbonyl (C=O) groups is 2. The summed E-state index contributed by atoms with van der Waals surface area (Å²) in [7, 11) is 1.63. The maximum atomic E-state index is 11.4. The van der Waals surface area contributed by atoms with Crippen LogP contribution in [-0.4, -0.2) is 25.3 Å². The highest BCUT2D eigenvalue weighted by atomic mass is 16.5. The molecule has 0 spiro atoms. The number of Topliss-reactive ketones (excluding diaryl/α,β-unsaturated/α-hetero) is 1. The molecular weight excluding hydrogens is 230 g/mol.